The Morgan fingerprint density at radius 2 is 2.06 bits per heavy atom. The number of benzene rings is 1. The molecule has 1 aromatic carbocycles. The zero-order chi connectivity index (χ0) is 13.0. The molecule has 2 nitrogen and oxygen atoms in total. The first-order chi connectivity index (χ1) is 8.70. The van der Waals surface area contributed by atoms with Gasteiger partial charge in [0.25, 0.3) is 0 Å². The average molecular weight is 328 g/mol. The molecular weight excluding hydrogens is 312 g/mol. The Hall–Kier alpha value is -0.800. The monoisotopic (exact) mass is 326 g/mol. The summed E-state index contributed by atoms with van der Waals surface area (Å²) in [6.07, 6.45) is 5.79. The van der Waals surface area contributed by atoms with Gasteiger partial charge in [-0.1, -0.05) is 28.1 Å². The molecule has 0 saturated carbocycles. The van der Waals surface area contributed by atoms with E-state index in [4.69, 9.17) is 11.6 Å². The molecule has 1 atom stereocenters. The number of aromatic nitrogens is 2. The normalized spacial score (nSPS) is 12.6. The van der Waals surface area contributed by atoms with E-state index in [-0.39, 0.29) is 0 Å². The van der Waals surface area contributed by atoms with Crippen LogP contribution in [0.4, 0.5) is 0 Å². The quantitative estimate of drug-likeness (QED) is 0.755. The third kappa shape index (κ3) is 3.36. The topological polar surface area (TPSA) is 17.8 Å². The van der Waals surface area contributed by atoms with Crippen LogP contribution in [0.3, 0.4) is 0 Å². The lowest BCUT2D eigenvalue weighted by Crippen LogP contribution is -2.05. The van der Waals surface area contributed by atoms with Crippen molar-refractivity contribution in [2.45, 2.75) is 18.8 Å². The Kier molecular flexibility index (Phi) is 4.84. The number of hydrogen-bond donors (Lipinski definition) is 0. The molecule has 2 rings (SSSR count). The van der Waals surface area contributed by atoms with E-state index >= 15 is 0 Å². The van der Waals surface area contributed by atoms with Crippen LogP contribution >= 0.6 is 27.5 Å². The maximum absolute atomic E-state index is 6.08. The Bertz CT molecular complexity index is 493. The van der Waals surface area contributed by atoms with Crippen LogP contribution < -0.4 is 0 Å². The third-order valence-electron chi connectivity index (χ3n) is 3.17. The summed E-state index contributed by atoms with van der Waals surface area (Å²) in [7, 11) is 2.03. The van der Waals surface area contributed by atoms with Gasteiger partial charge < -0.3 is 4.57 Å². The van der Waals surface area contributed by atoms with Gasteiger partial charge in [-0.2, -0.15) is 0 Å². The van der Waals surface area contributed by atoms with Crippen molar-refractivity contribution in [3.05, 3.63) is 52.5 Å². The van der Waals surface area contributed by atoms with E-state index in [1.54, 1.807) is 0 Å². The number of hydrogen-bond acceptors (Lipinski definition) is 1. The molecule has 4 heteroatoms. The van der Waals surface area contributed by atoms with Gasteiger partial charge >= 0.3 is 0 Å². The maximum atomic E-state index is 6.08. The highest BCUT2D eigenvalue weighted by Gasteiger charge is 2.11. The number of halogens is 2. The number of aryl methyl sites for hydroxylation is 2. The molecule has 0 bridgehead atoms. The first-order valence-corrected chi connectivity index (χ1v) is 7.31. The van der Waals surface area contributed by atoms with Gasteiger partial charge in [-0.05, 0) is 30.0 Å². The zero-order valence-corrected chi connectivity index (χ0v) is 12.7. The van der Waals surface area contributed by atoms with E-state index in [1.165, 1.54) is 5.56 Å². The van der Waals surface area contributed by atoms with Crippen molar-refractivity contribution >= 4 is 27.5 Å². The fourth-order valence-electron chi connectivity index (χ4n) is 2.01. The lowest BCUT2D eigenvalue weighted by Gasteiger charge is -2.14. The molecule has 0 spiro atoms. The molecule has 1 unspecified atom stereocenters. The summed E-state index contributed by atoms with van der Waals surface area (Å²) in [6, 6.07) is 8.40. The van der Waals surface area contributed by atoms with Gasteiger partial charge in [-0.25, -0.2) is 4.98 Å². The fourth-order valence-corrected chi connectivity index (χ4v) is 2.61. The third-order valence-corrected chi connectivity index (χ3v) is 4.07. The van der Waals surface area contributed by atoms with Crippen LogP contribution in [0.2, 0.25) is 0 Å². The Morgan fingerprint density at radius 1 is 1.33 bits per heavy atom. The van der Waals surface area contributed by atoms with Crippen LogP contribution in [-0.2, 0) is 13.5 Å². The molecule has 0 aliphatic heterocycles. The highest BCUT2D eigenvalue weighted by atomic mass is 79.9. The minimum atomic E-state index is 0.386. The van der Waals surface area contributed by atoms with Gasteiger partial charge in [-0.15, -0.1) is 11.6 Å². The highest BCUT2D eigenvalue weighted by Crippen LogP contribution is 2.24. The zero-order valence-electron chi connectivity index (χ0n) is 10.3. The van der Waals surface area contributed by atoms with Gasteiger partial charge in [0.1, 0.15) is 5.82 Å². The standard InChI is InChI=1S/C14H16BrClN2/c1-18-9-8-17-14(18)7-4-12(10-16)11-2-5-13(15)6-3-11/h2-3,5-6,8-9,12H,4,7,10H2,1H3. The minimum Gasteiger partial charge on any atom is -0.338 e. The summed E-state index contributed by atoms with van der Waals surface area (Å²) in [4.78, 5) is 4.34. The summed E-state index contributed by atoms with van der Waals surface area (Å²) in [5.41, 5.74) is 1.29. The molecule has 0 radical (unpaired) electrons. The van der Waals surface area contributed by atoms with Gasteiger partial charge in [0.05, 0.1) is 0 Å². The summed E-state index contributed by atoms with van der Waals surface area (Å²) in [6.45, 7) is 0. The summed E-state index contributed by atoms with van der Waals surface area (Å²) < 4.78 is 3.16. The lowest BCUT2D eigenvalue weighted by atomic mass is 9.96. The summed E-state index contributed by atoms with van der Waals surface area (Å²) in [5.74, 6) is 2.14. The molecule has 0 saturated heterocycles. The van der Waals surface area contributed by atoms with Crippen molar-refractivity contribution in [1.82, 2.24) is 9.55 Å². The molecule has 0 N–H and O–H groups in total. The van der Waals surface area contributed by atoms with Crippen LogP contribution in [0.15, 0.2) is 41.1 Å². The molecule has 2 aromatic rings. The second-order valence-corrected chi connectivity index (χ2v) is 5.62. The van der Waals surface area contributed by atoms with E-state index in [9.17, 15) is 0 Å². The van der Waals surface area contributed by atoms with Crippen LogP contribution in [0.1, 0.15) is 23.7 Å². The average Bonchev–Trinajstić information content (AvgIpc) is 2.78. The maximum Gasteiger partial charge on any atom is 0.108 e. The van der Waals surface area contributed by atoms with E-state index in [0.717, 1.165) is 23.1 Å². The molecular formula is C14H16BrClN2. The van der Waals surface area contributed by atoms with Gasteiger partial charge in [0, 0.05) is 36.2 Å². The second-order valence-electron chi connectivity index (χ2n) is 4.40. The van der Waals surface area contributed by atoms with Crippen LogP contribution in [0.25, 0.3) is 0 Å². The molecule has 0 fully saturated rings. The smallest absolute Gasteiger partial charge is 0.108 e. The van der Waals surface area contributed by atoms with E-state index in [1.807, 2.05) is 19.4 Å². The molecule has 1 aromatic heterocycles. The van der Waals surface area contributed by atoms with Crippen molar-refractivity contribution in [3.63, 3.8) is 0 Å². The van der Waals surface area contributed by atoms with Crippen molar-refractivity contribution in [1.29, 1.82) is 0 Å². The predicted octanol–water partition coefficient (Wildman–Crippen LogP) is 4.14. The van der Waals surface area contributed by atoms with Crippen molar-refractivity contribution in [2.75, 3.05) is 5.88 Å². The molecule has 0 amide bonds. The van der Waals surface area contributed by atoms with Crippen molar-refractivity contribution in [2.24, 2.45) is 7.05 Å². The van der Waals surface area contributed by atoms with Crippen LogP contribution in [0, 0.1) is 0 Å². The SMILES string of the molecule is Cn1ccnc1CCC(CCl)c1ccc(Br)cc1. The van der Waals surface area contributed by atoms with Crippen molar-refractivity contribution in [3.8, 4) is 0 Å². The molecule has 0 aliphatic rings. The number of nitrogens with zero attached hydrogens (tertiary/aromatic N) is 2. The van der Waals surface area contributed by atoms with Crippen molar-refractivity contribution < 1.29 is 0 Å². The van der Waals surface area contributed by atoms with Gasteiger partial charge in [-0.3, -0.25) is 0 Å². The minimum absolute atomic E-state index is 0.386. The Morgan fingerprint density at radius 3 is 2.61 bits per heavy atom. The van der Waals surface area contributed by atoms with E-state index in [2.05, 4.69) is 49.7 Å². The molecule has 1 heterocycles. The van der Waals surface area contributed by atoms with E-state index in [0.29, 0.717) is 11.8 Å². The molecule has 96 valence electrons. The van der Waals surface area contributed by atoms with E-state index < -0.39 is 0 Å². The van der Waals surface area contributed by atoms with Gasteiger partial charge in [0.2, 0.25) is 0 Å². The second kappa shape index (κ2) is 6.39. The first kappa shape index (κ1) is 13.6. The number of imidazole rings is 1. The van der Waals surface area contributed by atoms with Crippen LogP contribution in [0.5, 0.6) is 0 Å². The Labute approximate surface area is 121 Å². The largest absolute Gasteiger partial charge is 0.338 e. The molecule has 18 heavy (non-hydrogen) atoms. The van der Waals surface area contributed by atoms with Crippen LogP contribution in [-0.4, -0.2) is 15.4 Å². The summed E-state index contributed by atoms with van der Waals surface area (Å²) >= 11 is 9.53. The number of rotatable bonds is 5. The summed E-state index contributed by atoms with van der Waals surface area (Å²) in [5, 5.41) is 0. The molecule has 0 aliphatic carbocycles. The lowest BCUT2D eigenvalue weighted by molar-refractivity contribution is 0.646. The fraction of sp³-hybridized carbons (Fsp3) is 0.357. The Balaban J connectivity index is 2.01. The first-order valence-electron chi connectivity index (χ1n) is 5.98. The predicted molar refractivity (Wildman–Crippen MR) is 79.1 cm³/mol. The number of alkyl halides is 1. The van der Waals surface area contributed by atoms with Gasteiger partial charge in [0.15, 0.2) is 0 Å². The highest BCUT2D eigenvalue weighted by molar-refractivity contribution is 9.10.